The van der Waals surface area contributed by atoms with E-state index in [2.05, 4.69) is 55.5 Å². The van der Waals surface area contributed by atoms with Gasteiger partial charge in [0.2, 0.25) is 0 Å². The highest BCUT2D eigenvalue weighted by atomic mass is 16.5. The van der Waals surface area contributed by atoms with Crippen LogP contribution in [0.15, 0.2) is 34.9 Å². The quantitative estimate of drug-likeness (QED) is 0.862. The Morgan fingerprint density at radius 3 is 2.40 bits per heavy atom. The smallest absolute Gasteiger partial charge is 0.133 e. The molecule has 3 nitrogen and oxygen atoms in total. The van der Waals surface area contributed by atoms with Crippen molar-refractivity contribution in [1.82, 2.24) is 10.5 Å². The molecule has 0 radical (unpaired) electrons. The average molecular weight is 272 g/mol. The van der Waals surface area contributed by atoms with E-state index in [1.54, 1.807) is 0 Å². The van der Waals surface area contributed by atoms with Gasteiger partial charge in [0.25, 0.3) is 0 Å². The molecular weight excluding hydrogens is 248 g/mol. The first-order valence-corrected chi connectivity index (χ1v) is 7.34. The topological polar surface area (TPSA) is 38.1 Å². The summed E-state index contributed by atoms with van der Waals surface area (Å²) >= 11 is 0. The lowest BCUT2D eigenvalue weighted by molar-refractivity contribution is 0.373. The van der Waals surface area contributed by atoms with E-state index in [4.69, 9.17) is 4.52 Å². The van der Waals surface area contributed by atoms with Crippen LogP contribution >= 0.6 is 0 Å². The lowest BCUT2D eigenvalue weighted by Crippen LogP contribution is -2.25. The summed E-state index contributed by atoms with van der Waals surface area (Å²) in [6.07, 6.45) is 1.08. The van der Waals surface area contributed by atoms with Crippen molar-refractivity contribution >= 4 is 0 Å². The number of aromatic nitrogens is 1. The Bertz CT molecular complexity index is 528. The van der Waals surface area contributed by atoms with Gasteiger partial charge in [-0.3, -0.25) is 0 Å². The zero-order valence-corrected chi connectivity index (χ0v) is 12.8. The molecule has 1 aromatic heterocycles. The fraction of sp³-hybridized carbons (Fsp3) is 0.471. The maximum atomic E-state index is 5.10. The lowest BCUT2D eigenvalue weighted by atomic mass is 9.95. The summed E-state index contributed by atoms with van der Waals surface area (Å²) in [7, 11) is 0. The second kappa shape index (κ2) is 6.71. The van der Waals surface area contributed by atoms with Crippen molar-refractivity contribution in [2.75, 3.05) is 0 Å². The van der Waals surface area contributed by atoms with Crippen molar-refractivity contribution < 1.29 is 4.52 Å². The van der Waals surface area contributed by atoms with Gasteiger partial charge in [-0.2, -0.15) is 0 Å². The number of rotatable bonds is 6. The third-order valence-corrected chi connectivity index (χ3v) is 3.59. The van der Waals surface area contributed by atoms with Gasteiger partial charge in [-0.1, -0.05) is 50.2 Å². The molecule has 1 aromatic carbocycles. The highest BCUT2D eigenvalue weighted by Crippen LogP contribution is 2.22. The SMILES string of the molecule is CCc1ccc(C(NCc2cc(C)on2)C(C)C)cc1. The molecule has 0 spiro atoms. The predicted molar refractivity (Wildman–Crippen MR) is 81.5 cm³/mol. The summed E-state index contributed by atoms with van der Waals surface area (Å²) in [5, 5.41) is 7.61. The molecule has 0 aliphatic carbocycles. The summed E-state index contributed by atoms with van der Waals surface area (Å²) in [4.78, 5) is 0. The second-order valence-electron chi connectivity index (χ2n) is 5.63. The molecule has 0 aliphatic heterocycles. The molecule has 1 N–H and O–H groups in total. The van der Waals surface area contributed by atoms with Crippen LogP contribution in [-0.2, 0) is 13.0 Å². The zero-order chi connectivity index (χ0) is 14.5. The Labute approximate surface area is 121 Å². The van der Waals surface area contributed by atoms with E-state index in [1.807, 2.05) is 13.0 Å². The van der Waals surface area contributed by atoms with Crippen molar-refractivity contribution in [3.63, 3.8) is 0 Å². The van der Waals surface area contributed by atoms with Gasteiger partial charge in [0, 0.05) is 18.7 Å². The summed E-state index contributed by atoms with van der Waals surface area (Å²) in [5.41, 5.74) is 3.67. The molecule has 1 atom stereocenters. The highest BCUT2D eigenvalue weighted by molar-refractivity contribution is 5.25. The van der Waals surface area contributed by atoms with Crippen molar-refractivity contribution in [3.8, 4) is 0 Å². The fourth-order valence-electron chi connectivity index (χ4n) is 2.41. The zero-order valence-electron chi connectivity index (χ0n) is 12.8. The molecule has 0 fully saturated rings. The highest BCUT2D eigenvalue weighted by Gasteiger charge is 2.15. The summed E-state index contributed by atoms with van der Waals surface area (Å²) < 4.78 is 5.10. The molecule has 1 heterocycles. The van der Waals surface area contributed by atoms with E-state index in [0.717, 1.165) is 24.4 Å². The number of nitrogens with one attached hydrogen (secondary N) is 1. The van der Waals surface area contributed by atoms with Crippen molar-refractivity contribution in [2.45, 2.75) is 46.7 Å². The van der Waals surface area contributed by atoms with E-state index < -0.39 is 0 Å². The monoisotopic (exact) mass is 272 g/mol. The first-order chi connectivity index (χ1) is 9.60. The standard InChI is InChI=1S/C17H24N2O/c1-5-14-6-8-15(9-7-14)17(12(2)3)18-11-16-10-13(4)20-19-16/h6-10,12,17-18H,5,11H2,1-4H3. The second-order valence-corrected chi connectivity index (χ2v) is 5.63. The van der Waals surface area contributed by atoms with Crippen LogP contribution in [0.25, 0.3) is 0 Å². The van der Waals surface area contributed by atoms with Crippen LogP contribution in [0.2, 0.25) is 0 Å². The minimum Gasteiger partial charge on any atom is -0.361 e. The number of hydrogen-bond acceptors (Lipinski definition) is 3. The maximum absolute atomic E-state index is 5.10. The number of benzene rings is 1. The van der Waals surface area contributed by atoms with Crippen molar-refractivity contribution in [2.24, 2.45) is 5.92 Å². The van der Waals surface area contributed by atoms with Crippen LogP contribution in [0.1, 0.15) is 49.4 Å². The predicted octanol–water partition coefficient (Wildman–Crippen LogP) is 4.03. The Morgan fingerprint density at radius 1 is 1.20 bits per heavy atom. The molecule has 0 amide bonds. The van der Waals surface area contributed by atoms with Crippen molar-refractivity contribution in [3.05, 3.63) is 52.9 Å². The van der Waals surface area contributed by atoms with E-state index in [9.17, 15) is 0 Å². The first kappa shape index (κ1) is 14.8. The Balaban J connectivity index is 2.06. The molecule has 1 unspecified atom stereocenters. The third kappa shape index (κ3) is 3.70. The van der Waals surface area contributed by atoms with Crippen LogP contribution in [-0.4, -0.2) is 5.16 Å². The summed E-state index contributed by atoms with van der Waals surface area (Å²) in [6.45, 7) is 9.30. The van der Waals surface area contributed by atoms with E-state index in [-0.39, 0.29) is 0 Å². The van der Waals surface area contributed by atoms with Gasteiger partial charge >= 0.3 is 0 Å². The Hall–Kier alpha value is -1.61. The molecule has 0 saturated heterocycles. The fourth-order valence-corrected chi connectivity index (χ4v) is 2.41. The molecule has 2 aromatic rings. The molecular formula is C17H24N2O. The number of hydrogen-bond donors (Lipinski definition) is 1. The Kier molecular flexibility index (Phi) is 4.96. The van der Waals surface area contributed by atoms with Crippen molar-refractivity contribution in [1.29, 1.82) is 0 Å². The molecule has 3 heteroatoms. The molecule has 0 bridgehead atoms. The first-order valence-electron chi connectivity index (χ1n) is 7.34. The number of aryl methyl sites for hydroxylation is 2. The normalized spacial score (nSPS) is 12.8. The van der Waals surface area contributed by atoms with Gasteiger partial charge < -0.3 is 9.84 Å². The van der Waals surface area contributed by atoms with Gasteiger partial charge in [-0.15, -0.1) is 0 Å². The molecule has 2 rings (SSSR count). The van der Waals surface area contributed by atoms with Crippen LogP contribution in [0, 0.1) is 12.8 Å². The number of nitrogens with zero attached hydrogens (tertiary/aromatic N) is 1. The summed E-state index contributed by atoms with van der Waals surface area (Å²) in [5.74, 6) is 1.38. The molecule has 0 saturated carbocycles. The van der Waals surface area contributed by atoms with E-state index in [0.29, 0.717) is 12.0 Å². The molecule has 20 heavy (non-hydrogen) atoms. The average Bonchev–Trinajstić information content (AvgIpc) is 2.85. The van der Waals surface area contributed by atoms with Gasteiger partial charge in [-0.05, 0) is 30.4 Å². The third-order valence-electron chi connectivity index (χ3n) is 3.59. The lowest BCUT2D eigenvalue weighted by Gasteiger charge is -2.22. The van der Waals surface area contributed by atoms with Crippen LogP contribution < -0.4 is 5.32 Å². The summed E-state index contributed by atoms with van der Waals surface area (Å²) in [6, 6.07) is 11.2. The maximum Gasteiger partial charge on any atom is 0.133 e. The molecule has 0 aliphatic rings. The van der Waals surface area contributed by atoms with Gasteiger partial charge in [0.15, 0.2) is 0 Å². The largest absolute Gasteiger partial charge is 0.361 e. The van der Waals surface area contributed by atoms with Crippen LogP contribution in [0.4, 0.5) is 0 Å². The van der Waals surface area contributed by atoms with E-state index in [1.165, 1.54) is 11.1 Å². The van der Waals surface area contributed by atoms with Crippen LogP contribution in [0.5, 0.6) is 0 Å². The van der Waals surface area contributed by atoms with Gasteiger partial charge in [0.1, 0.15) is 5.76 Å². The van der Waals surface area contributed by atoms with Crippen LogP contribution in [0.3, 0.4) is 0 Å². The van der Waals surface area contributed by atoms with E-state index >= 15 is 0 Å². The molecule has 108 valence electrons. The minimum absolute atomic E-state index is 0.331. The van der Waals surface area contributed by atoms with Gasteiger partial charge in [-0.25, -0.2) is 0 Å². The Morgan fingerprint density at radius 2 is 1.90 bits per heavy atom. The minimum atomic E-state index is 0.331. The van der Waals surface area contributed by atoms with Gasteiger partial charge in [0.05, 0.1) is 5.69 Å².